The van der Waals surface area contributed by atoms with Crippen molar-refractivity contribution < 1.29 is 17.9 Å². The van der Waals surface area contributed by atoms with E-state index >= 15 is 0 Å². The molecule has 0 amide bonds. The van der Waals surface area contributed by atoms with Crippen molar-refractivity contribution in [3.05, 3.63) is 28.8 Å². The molecule has 0 spiro atoms. The van der Waals surface area contributed by atoms with Gasteiger partial charge in [-0.3, -0.25) is 0 Å². The van der Waals surface area contributed by atoms with Gasteiger partial charge in [0.25, 0.3) is 0 Å². The molecule has 0 aliphatic rings. The van der Waals surface area contributed by atoms with Crippen LogP contribution in [-0.4, -0.2) is 6.36 Å². The highest BCUT2D eigenvalue weighted by molar-refractivity contribution is 6.32. The molecule has 0 fully saturated rings. The molecule has 2 nitrogen and oxygen atoms in total. The Morgan fingerprint density at radius 3 is 2.40 bits per heavy atom. The molecule has 0 aliphatic carbocycles. The van der Waals surface area contributed by atoms with Gasteiger partial charge in [-0.15, -0.1) is 13.2 Å². The van der Waals surface area contributed by atoms with Crippen molar-refractivity contribution >= 4 is 11.6 Å². The molecule has 0 aromatic heterocycles. The normalized spacial score (nSPS) is 13.7. The molecule has 0 unspecified atom stereocenters. The number of rotatable bonds is 2. The standard InChI is InChI=1S/C9H9ClF3NO/c1-5(14)6-2-3-8(7(10)4-6)15-9(11,12)13/h2-5H,14H2,1H3/t5-/m1/s1. The maximum absolute atomic E-state index is 11.9. The Morgan fingerprint density at radius 1 is 1.40 bits per heavy atom. The first kappa shape index (κ1) is 12.1. The van der Waals surface area contributed by atoms with Crippen molar-refractivity contribution in [2.75, 3.05) is 0 Å². The summed E-state index contributed by atoms with van der Waals surface area (Å²) in [5.41, 5.74) is 6.19. The van der Waals surface area contributed by atoms with E-state index in [0.717, 1.165) is 6.07 Å². The molecule has 0 saturated heterocycles. The Labute approximate surface area is 89.8 Å². The zero-order valence-corrected chi connectivity index (χ0v) is 8.56. The Kier molecular flexibility index (Phi) is 3.46. The lowest BCUT2D eigenvalue weighted by Gasteiger charge is -2.12. The fourth-order valence-electron chi connectivity index (χ4n) is 1.01. The van der Waals surface area contributed by atoms with Crippen molar-refractivity contribution in [1.82, 2.24) is 0 Å². The Hall–Kier alpha value is -0.940. The van der Waals surface area contributed by atoms with Gasteiger partial charge >= 0.3 is 6.36 Å². The highest BCUT2D eigenvalue weighted by atomic mass is 35.5. The molecule has 0 heterocycles. The number of nitrogens with two attached hydrogens (primary N) is 1. The third-order valence-electron chi connectivity index (χ3n) is 1.71. The van der Waals surface area contributed by atoms with Crippen molar-refractivity contribution in [1.29, 1.82) is 0 Å². The summed E-state index contributed by atoms with van der Waals surface area (Å²) in [6.45, 7) is 1.70. The average Bonchev–Trinajstić information content (AvgIpc) is 2.05. The number of hydrogen-bond donors (Lipinski definition) is 1. The second-order valence-corrected chi connectivity index (χ2v) is 3.43. The molecule has 1 rings (SSSR count). The molecule has 1 atom stereocenters. The summed E-state index contributed by atoms with van der Waals surface area (Å²) in [6, 6.07) is 3.65. The van der Waals surface area contributed by atoms with Crippen LogP contribution in [0.1, 0.15) is 18.5 Å². The molecule has 1 aromatic carbocycles. The topological polar surface area (TPSA) is 35.2 Å². The van der Waals surface area contributed by atoms with Crippen LogP contribution in [-0.2, 0) is 0 Å². The van der Waals surface area contributed by atoms with E-state index in [0.29, 0.717) is 5.56 Å². The third-order valence-corrected chi connectivity index (χ3v) is 2.00. The summed E-state index contributed by atoms with van der Waals surface area (Å²) in [4.78, 5) is 0. The maximum Gasteiger partial charge on any atom is 0.573 e. The van der Waals surface area contributed by atoms with E-state index in [1.54, 1.807) is 6.92 Å². The predicted molar refractivity (Wildman–Crippen MR) is 50.7 cm³/mol. The van der Waals surface area contributed by atoms with Crippen LogP contribution in [0.5, 0.6) is 5.75 Å². The van der Waals surface area contributed by atoms with E-state index < -0.39 is 12.1 Å². The summed E-state index contributed by atoms with van der Waals surface area (Å²) in [6.07, 6.45) is -4.74. The van der Waals surface area contributed by atoms with Crippen LogP contribution in [0.2, 0.25) is 5.02 Å². The van der Waals surface area contributed by atoms with Gasteiger partial charge in [-0.25, -0.2) is 0 Å². The number of benzene rings is 1. The SMILES string of the molecule is C[C@@H](N)c1ccc(OC(F)(F)F)c(Cl)c1. The van der Waals surface area contributed by atoms with E-state index in [1.807, 2.05) is 0 Å². The third kappa shape index (κ3) is 3.60. The molecule has 6 heteroatoms. The second kappa shape index (κ2) is 4.28. The number of halogens is 4. The molecule has 1 aromatic rings. The molecular weight excluding hydrogens is 231 g/mol. The van der Waals surface area contributed by atoms with Crippen LogP contribution < -0.4 is 10.5 Å². The van der Waals surface area contributed by atoms with Gasteiger partial charge in [0, 0.05) is 6.04 Å². The molecule has 84 valence electrons. The van der Waals surface area contributed by atoms with Gasteiger partial charge in [0.2, 0.25) is 0 Å². The highest BCUT2D eigenvalue weighted by Gasteiger charge is 2.32. The van der Waals surface area contributed by atoms with Gasteiger partial charge in [-0.2, -0.15) is 0 Å². The van der Waals surface area contributed by atoms with Gasteiger partial charge in [0.1, 0.15) is 5.75 Å². The molecular formula is C9H9ClF3NO. The van der Waals surface area contributed by atoms with Gasteiger partial charge in [0.15, 0.2) is 0 Å². The molecule has 0 aliphatic heterocycles. The number of hydrogen-bond acceptors (Lipinski definition) is 2. The molecule has 0 saturated carbocycles. The zero-order chi connectivity index (χ0) is 11.6. The van der Waals surface area contributed by atoms with Gasteiger partial charge in [0.05, 0.1) is 5.02 Å². The van der Waals surface area contributed by atoms with Crippen molar-refractivity contribution in [2.24, 2.45) is 5.73 Å². The van der Waals surface area contributed by atoms with Crippen LogP contribution >= 0.6 is 11.6 Å². The smallest absolute Gasteiger partial charge is 0.404 e. The summed E-state index contributed by atoms with van der Waals surface area (Å²) < 4.78 is 39.3. The Balaban J connectivity index is 2.94. The summed E-state index contributed by atoms with van der Waals surface area (Å²) in [5.74, 6) is -0.423. The molecule has 0 radical (unpaired) electrons. The van der Waals surface area contributed by atoms with Crippen molar-refractivity contribution in [2.45, 2.75) is 19.3 Å². The first-order valence-electron chi connectivity index (χ1n) is 4.10. The largest absolute Gasteiger partial charge is 0.573 e. The van der Waals surface area contributed by atoms with Crippen LogP contribution in [0, 0.1) is 0 Å². The minimum Gasteiger partial charge on any atom is -0.404 e. The van der Waals surface area contributed by atoms with Crippen LogP contribution in [0.4, 0.5) is 13.2 Å². The van der Waals surface area contributed by atoms with E-state index in [9.17, 15) is 13.2 Å². The van der Waals surface area contributed by atoms with Gasteiger partial charge < -0.3 is 10.5 Å². The minimum absolute atomic E-state index is 0.109. The number of alkyl halides is 3. The lowest BCUT2D eigenvalue weighted by molar-refractivity contribution is -0.274. The van der Waals surface area contributed by atoms with Crippen molar-refractivity contribution in [3.63, 3.8) is 0 Å². The minimum atomic E-state index is -4.74. The van der Waals surface area contributed by atoms with Crippen LogP contribution in [0.25, 0.3) is 0 Å². The second-order valence-electron chi connectivity index (χ2n) is 3.03. The molecule has 15 heavy (non-hydrogen) atoms. The van der Waals surface area contributed by atoms with Crippen molar-refractivity contribution in [3.8, 4) is 5.75 Å². The zero-order valence-electron chi connectivity index (χ0n) is 7.81. The van der Waals surface area contributed by atoms with E-state index in [-0.39, 0.29) is 11.1 Å². The lowest BCUT2D eigenvalue weighted by atomic mass is 10.1. The predicted octanol–water partition coefficient (Wildman–Crippen LogP) is 3.26. The molecule has 2 N–H and O–H groups in total. The van der Waals surface area contributed by atoms with E-state index in [2.05, 4.69) is 4.74 Å². The summed E-state index contributed by atoms with van der Waals surface area (Å²) >= 11 is 5.60. The lowest BCUT2D eigenvalue weighted by Crippen LogP contribution is -2.17. The highest BCUT2D eigenvalue weighted by Crippen LogP contribution is 2.31. The van der Waals surface area contributed by atoms with E-state index in [1.165, 1.54) is 12.1 Å². The fourth-order valence-corrected chi connectivity index (χ4v) is 1.24. The fraction of sp³-hybridized carbons (Fsp3) is 0.333. The van der Waals surface area contributed by atoms with Gasteiger partial charge in [-0.1, -0.05) is 17.7 Å². The van der Waals surface area contributed by atoms with Crippen LogP contribution in [0.3, 0.4) is 0 Å². The summed E-state index contributed by atoms with van der Waals surface area (Å²) in [5, 5.41) is -0.109. The first-order chi connectivity index (χ1) is 6.79. The van der Waals surface area contributed by atoms with Gasteiger partial charge in [-0.05, 0) is 24.6 Å². The monoisotopic (exact) mass is 239 g/mol. The number of ether oxygens (including phenoxy) is 1. The summed E-state index contributed by atoms with van der Waals surface area (Å²) in [7, 11) is 0. The Bertz CT molecular complexity index is 352. The first-order valence-corrected chi connectivity index (χ1v) is 4.48. The average molecular weight is 240 g/mol. The quantitative estimate of drug-likeness (QED) is 0.860. The molecule has 0 bridgehead atoms. The Morgan fingerprint density at radius 2 is 2.00 bits per heavy atom. The van der Waals surface area contributed by atoms with Crippen LogP contribution in [0.15, 0.2) is 18.2 Å². The maximum atomic E-state index is 11.9. The van der Waals surface area contributed by atoms with E-state index in [4.69, 9.17) is 17.3 Å².